The van der Waals surface area contributed by atoms with Crippen LogP contribution in [0.5, 0.6) is 0 Å². The zero-order valence-electron chi connectivity index (χ0n) is 14.1. The van der Waals surface area contributed by atoms with E-state index in [1.165, 1.54) is 42.5 Å². The number of hydrogen-bond acceptors (Lipinski definition) is 2. The van der Waals surface area contributed by atoms with Gasteiger partial charge in [-0.05, 0) is 48.9 Å². The molecule has 6 heteroatoms. The van der Waals surface area contributed by atoms with Gasteiger partial charge in [0.2, 0.25) is 0 Å². The molecular formula is C20H17F2NO2S. The first-order valence-corrected chi connectivity index (χ1v) is 9.40. The van der Waals surface area contributed by atoms with Crippen LogP contribution in [0.2, 0.25) is 0 Å². The van der Waals surface area contributed by atoms with E-state index in [0.717, 1.165) is 15.9 Å². The number of benzene rings is 3. The highest BCUT2D eigenvalue weighted by Crippen LogP contribution is 2.27. The summed E-state index contributed by atoms with van der Waals surface area (Å²) in [6, 6.07) is 17.7. The van der Waals surface area contributed by atoms with Crippen LogP contribution in [0.25, 0.3) is 0 Å². The summed E-state index contributed by atoms with van der Waals surface area (Å²) in [6.07, 6.45) is 0. The van der Waals surface area contributed by atoms with Crippen LogP contribution >= 0.6 is 0 Å². The largest absolute Gasteiger partial charge is 0.267 e. The molecule has 0 spiro atoms. The summed E-state index contributed by atoms with van der Waals surface area (Å²) in [7, 11) is -4.14. The summed E-state index contributed by atoms with van der Waals surface area (Å²) < 4.78 is 54.7. The highest BCUT2D eigenvalue weighted by Gasteiger charge is 2.27. The quantitative estimate of drug-likeness (QED) is 0.652. The monoisotopic (exact) mass is 373 g/mol. The van der Waals surface area contributed by atoms with Crippen LogP contribution in [0.4, 0.5) is 14.5 Å². The van der Waals surface area contributed by atoms with Gasteiger partial charge in [-0.1, -0.05) is 42.0 Å². The Hall–Kier alpha value is -2.73. The SMILES string of the molecule is Cc1ccc(N(Cc2ccc(F)cc2)S(=O)(=O)c2ccccc2F)cc1. The summed E-state index contributed by atoms with van der Waals surface area (Å²) in [6.45, 7) is 1.85. The molecule has 0 N–H and O–H groups in total. The Balaban J connectivity index is 2.09. The minimum atomic E-state index is -4.14. The molecule has 0 saturated heterocycles. The maximum atomic E-state index is 14.2. The van der Waals surface area contributed by atoms with Crippen molar-refractivity contribution in [1.82, 2.24) is 0 Å². The number of halogens is 2. The van der Waals surface area contributed by atoms with Crippen LogP contribution in [0.1, 0.15) is 11.1 Å². The first-order valence-electron chi connectivity index (χ1n) is 7.96. The van der Waals surface area contributed by atoms with E-state index in [9.17, 15) is 17.2 Å². The Morgan fingerprint density at radius 3 is 2.08 bits per heavy atom. The summed E-state index contributed by atoms with van der Waals surface area (Å²) in [4.78, 5) is -0.400. The van der Waals surface area contributed by atoms with Crippen LogP contribution in [0.15, 0.2) is 77.7 Å². The zero-order chi connectivity index (χ0) is 18.7. The lowest BCUT2D eigenvalue weighted by atomic mass is 10.2. The van der Waals surface area contributed by atoms with E-state index in [4.69, 9.17) is 0 Å². The fourth-order valence-corrected chi connectivity index (χ4v) is 4.08. The molecular weight excluding hydrogens is 356 g/mol. The molecule has 3 rings (SSSR count). The maximum Gasteiger partial charge on any atom is 0.267 e. The Labute approximate surface area is 151 Å². The maximum absolute atomic E-state index is 14.2. The first-order chi connectivity index (χ1) is 12.4. The zero-order valence-corrected chi connectivity index (χ0v) is 14.9. The molecule has 0 unspecified atom stereocenters. The van der Waals surface area contributed by atoms with Gasteiger partial charge in [-0.3, -0.25) is 4.31 Å². The normalized spacial score (nSPS) is 11.3. The van der Waals surface area contributed by atoms with Crippen molar-refractivity contribution in [2.75, 3.05) is 4.31 Å². The highest BCUT2D eigenvalue weighted by atomic mass is 32.2. The van der Waals surface area contributed by atoms with Crippen LogP contribution in [0, 0.1) is 18.6 Å². The molecule has 0 saturated carbocycles. The third-order valence-electron chi connectivity index (χ3n) is 3.97. The van der Waals surface area contributed by atoms with Crippen molar-refractivity contribution in [2.45, 2.75) is 18.4 Å². The van der Waals surface area contributed by atoms with Crippen molar-refractivity contribution in [3.8, 4) is 0 Å². The molecule has 0 aliphatic carbocycles. The molecule has 3 aromatic carbocycles. The van der Waals surface area contributed by atoms with Crippen molar-refractivity contribution in [2.24, 2.45) is 0 Å². The molecule has 0 aliphatic heterocycles. The van der Waals surface area contributed by atoms with E-state index < -0.39 is 26.6 Å². The molecule has 0 bridgehead atoms. The van der Waals surface area contributed by atoms with Gasteiger partial charge in [0, 0.05) is 0 Å². The van der Waals surface area contributed by atoms with E-state index in [2.05, 4.69) is 0 Å². The molecule has 26 heavy (non-hydrogen) atoms. The third kappa shape index (κ3) is 3.75. The molecule has 3 aromatic rings. The van der Waals surface area contributed by atoms with E-state index in [1.54, 1.807) is 24.3 Å². The van der Waals surface area contributed by atoms with Crippen molar-refractivity contribution in [3.63, 3.8) is 0 Å². The molecule has 0 heterocycles. The standard InChI is InChI=1S/C20H17F2NO2S/c1-15-6-12-18(13-7-15)23(14-16-8-10-17(21)11-9-16)26(24,25)20-5-3-2-4-19(20)22/h2-13H,14H2,1H3. The molecule has 0 fully saturated rings. The van der Waals surface area contributed by atoms with Gasteiger partial charge in [0.1, 0.15) is 16.5 Å². The Kier molecular flexibility index (Phi) is 5.04. The molecule has 0 atom stereocenters. The van der Waals surface area contributed by atoms with Gasteiger partial charge in [0.15, 0.2) is 0 Å². The highest BCUT2D eigenvalue weighted by molar-refractivity contribution is 7.92. The number of anilines is 1. The number of sulfonamides is 1. The average molecular weight is 373 g/mol. The summed E-state index contributed by atoms with van der Waals surface area (Å²) in [5, 5.41) is 0. The van der Waals surface area contributed by atoms with Gasteiger partial charge >= 0.3 is 0 Å². The molecule has 0 radical (unpaired) electrons. The number of nitrogens with zero attached hydrogens (tertiary/aromatic N) is 1. The van der Waals surface area contributed by atoms with Gasteiger partial charge in [-0.2, -0.15) is 0 Å². The average Bonchev–Trinajstić information content (AvgIpc) is 2.62. The van der Waals surface area contributed by atoms with Crippen molar-refractivity contribution < 1.29 is 17.2 Å². The van der Waals surface area contributed by atoms with Crippen molar-refractivity contribution in [1.29, 1.82) is 0 Å². The van der Waals surface area contributed by atoms with Gasteiger partial charge < -0.3 is 0 Å². The second-order valence-electron chi connectivity index (χ2n) is 5.90. The topological polar surface area (TPSA) is 37.4 Å². The first kappa shape index (κ1) is 18.1. The van der Waals surface area contributed by atoms with Gasteiger partial charge in [-0.25, -0.2) is 17.2 Å². The van der Waals surface area contributed by atoms with Crippen LogP contribution in [0.3, 0.4) is 0 Å². The second-order valence-corrected chi connectivity index (χ2v) is 7.73. The predicted octanol–water partition coefficient (Wildman–Crippen LogP) is 4.67. The van der Waals surface area contributed by atoms with Crippen molar-refractivity contribution in [3.05, 3.63) is 95.6 Å². The predicted molar refractivity (Wildman–Crippen MR) is 97.3 cm³/mol. The number of hydrogen-bond donors (Lipinski definition) is 0. The molecule has 3 nitrogen and oxygen atoms in total. The lowest BCUT2D eigenvalue weighted by Gasteiger charge is -2.25. The smallest absolute Gasteiger partial charge is 0.262 e. The fourth-order valence-electron chi connectivity index (χ4n) is 2.55. The van der Waals surface area contributed by atoms with E-state index in [-0.39, 0.29) is 6.54 Å². The minimum absolute atomic E-state index is 0.0417. The van der Waals surface area contributed by atoms with E-state index >= 15 is 0 Å². The van der Waals surface area contributed by atoms with Crippen molar-refractivity contribution >= 4 is 15.7 Å². The lowest BCUT2D eigenvalue weighted by molar-refractivity contribution is 0.563. The van der Waals surface area contributed by atoms with Gasteiger partial charge in [-0.15, -0.1) is 0 Å². The van der Waals surface area contributed by atoms with Crippen LogP contribution < -0.4 is 4.31 Å². The Morgan fingerprint density at radius 2 is 1.46 bits per heavy atom. The molecule has 0 amide bonds. The van der Waals surface area contributed by atoms with Crippen LogP contribution in [-0.4, -0.2) is 8.42 Å². The molecule has 0 aromatic heterocycles. The third-order valence-corrected chi connectivity index (χ3v) is 5.77. The molecule has 0 aliphatic rings. The van der Waals surface area contributed by atoms with E-state index in [1.807, 2.05) is 6.92 Å². The number of aryl methyl sites for hydroxylation is 1. The summed E-state index contributed by atoms with van der Waals surface area (Å²) >= 11 is 0. The number of rotatable bonds is 5. The van der Waals surface area contributed by atoms with Gasteiger partial charge in [0.05, 0.1) is 12.2 Å². The van der Waals surface area contributed by atoms with E-state index in [0.29, 0.717) is 11.3 Å². The summed E-state index contributed by atoms with van der Waals surface area (Å²) in [5.74, 6) is -1.23. The second kappa shape index (κ2) is 7.25. The Bertz CT molecular complexity index is 1000. The Morgan fingerprint density at radius 1 is 0.846 bits per heavy atom. The summed E-state index contributed by atoms with van der Waals surface area (Å²) in [5.41, 5.74) is 1.97. The van der Waals surface area contributed by atoms with Crippen LogP contribution in [-0.2, 0) is 16.6 Å². The minimum Gasteiger partial charge on any atom is -0.262 e. The molecule has 134 valence electrons. The lowest BCUT2D eigenvalue weighted by Crippen LogP contribution is -2.31. The van der Waals surface area contributed by atoms with Gasteiger partial charge in [0.25, 0.3) is 10.0 Å². The fraction of sp³-hybridized carbons (Fsp3) is 0.100.